The largest absolute Gasteiger partial charge is 0.299 e. The van der Waals surface area contributed by atoms with E-state index in [1.807, 2.05) is 0 Å². The molecule has 0 spiro atoms. The summed E-state index contributed by atoms with van der Waals surface area (Å²) in [5.74, 6) is 0.420. The minimum absolute atomic E-state index is 0.0314. The van der Waals surface area contributed by atoms with Gasteiger partial charge in [-0.1, -0.05) is 45.3 Å². The van der Waals surface area contributed by atoms with Crippen LogP contribution in [0.25, 0.3) is 0 Å². The average molecular weight is 194 g/mol. The van der Waals surface area contributed by atoms with Crippen LogP contribution in [0.3, 0.4) is 0 Å². The molecule has 0 aromatic rings. The Morgan fingerprint density at radius 2 is 1.86 bits per heavy atom. The quantitative estimate of drug-likeness (QED) is 0.621. The van der Waals surface area contributed by atoms with Crippen LogP contribution >= 0.6 is 0 Å². The summed E-state index contributed by atoms with van der Waals surface area (Å²) in [6, 6.07) is 0. The predicted octanol–water partition coefficient (Wildman–Crippen LogP) is 3.88. The smallest absolute Gasteiger partial charge is 0.142 e. The van der Waals surface area contributed by atoms with Gasteiger partial charge < -0.3 is 0 Å². The van der Waals surface area contributed by atoms with Crippen molar-refractivity contribution in [1.29, 1.82) is 0 Å². The van der Waals surface area contributed by atoms with Gasteiger partial charge in [-0.2, -0.15) is 0 Å². The van der Waals surface area contributed by atoms with Crippen molar-refractivity contribution in [3.8, 4) is 0 Å². The fourth-order valence-corrected chi connectivity index (χ4v) is 2.18. The van der Waals surface area contributed by atoms with Gasteiger partial charge in [0.25, 0.3) is 0 Å². The van der Waals surface area contributed by atoms with E-state index in [1.165, 1.54) is 19.3 Å². The van der Waals surface area contributed by atoms with Crippen LogP contribution in [0.1, 0.15) is 58.8 Å². The zero-order chi connectivity index (χ0) is 10.6. The van der Waals surface area contributed by atoms with E-state index < -0.39 is 0 Å². The number of carbonyl (C=O) groups excluding carboxylic acids is 1. The Morgan fingerprint density at radius 1 is 1.29 bits per heavy atom. The van der Waals surface area contributed by atoms with Gasteiger partial charge in [0.2, 0.25) is 0 Å². The van der Waals surface area contributed by atoms with Gasteiger partial charge in [0, 0.05) is 11.8 Å². The second-order valence-electron chi connectivity index (χ2n) is 4.82. The van der Waals surface area contributed by atoms with Gasteiger partial charge in [0.05, 0.1) is 0 Å². The molecule has 0 aromatic carbocycles. The van der Waals surface area contributed by atoms with E-state index in [1.54, 1.807) is 0 Å². The molecule has 0 amide bonds. The number of hydrogen-bond acceptors (Lipinski definition) is 1. The molecule has 1 saturated carbocycles. The fraction of sp³-hybridized carbons (Fsp3) is 0.769. The molecule has 0 bridgehead atoms. The van der Waals surface area contributed by atoms with Gasteiger partial charge in [-0.15, -0.1) is 0 Å². The van der Waals surface area contributed by atoms with Crippen molar-refractivity contribution in [3.05, 3.63) is 12.2 Å². The van der Waals surface area contributed by atoms with Gasteiger partial charge in [-0.05, 0) is 19.3 Å². The number of Topliss-reactive ketones (excluding diaryl/α,β-unsaturated/α-hetero) is 1. The molecule has 1 aliphatic carbocycles. The highest BCUT2D eigenvalue weighted by Gasteiger charge is 2.33. The third-order valence-electron chi connectivity index (χ3n) is 3.54. The first-order valence-electron chi connectivity index (χ1n) is 5.78. The predicted molar refractivity (Wildman–Crippen MR) is 60.2 cm³/mol. The van der Waals surface area contributed by atoms with Crippen molar-refractivity contribution in [2.75, 3.05) is 0 Å². The van der Waals surface area contributed by atoms with E-state index in [-0.39, 0.29) is 5.41 Å². The van der Waals surface area contributed by atoms with Crippen LogP contribution in [0.5, 0.6) is 0 Å². The van der Waals surface area contributed by atoms with Crippen LogP contribution in [-0.4, -0.2) is 5.78 Å². The van der Waals surface area contributed by atoms with E-state index in [0.29, 0.717) is 12.2 Å². The highest BCUT2D eigenvalue weighted by molar-refractivity contribution is 5.86. The second kappa shape index (κ2) is 4.77. The van der Waals surface area contributed by atoms with Crippen LogP contribution in [0.15, 0.2) is 12.2 Å². The summed E-state index contributed by atoms with van der Waals surface area (Å²) >= 11 is 0. The Balaban J connectivity index is 2.53. The molecule has 1 rings (SSSR count). The van der Waals surface area contributed by atoms with Crippen molar-refractivity contribution in [2.45, 2.75) is 58.8 Å². The van der Waals surface area contributed by atoms with Crippen LogP contribution in [0.4, 0.5) is 0 Å². The molecule has 0 unspecified atom stereocenters. The lowest BCUT2D eigenvalue weighted by Gasteiger charge is -2.32. The van der Waals surface area contributed by atoms with E-state index in [2.05, 4.69) is 20.4 Å². The van der Waals surface area contributed by atoms with Crippen LogP contribution in [-0.2, 0) is 4.79 Å². The topological polar surface area (TPSA) is 17.1 Å². The highest BCUT2D eigenvalue weighted by Crippen LogP contribution is 2.38. The normalized spacial score (nSPS) is 20.4. The number of carbonyl (C=O) groups is 1. The Bertz CT molecular complexity index is 221. The van der Waals surface area contributed by atoms with Crippen LogP contribution in [0.2, 0.25) is 0 Å². The molecule has 0 aliphatic heterocycles. The molecule has 1 heteroatoms. The highest BCUT2D eigenvalue weighted by atomic mass is 16.1. The molecule has 1 fully saturated rings. The molecule has 1 aliphatic rings. The summed E-state index contributed by atoms with van der Waals surface area (Å²) in [5, 5.41) is 0. The SMILES string of the molecule is C=C(CC)CC(=O)C1(C)CCCCC1. The molecule has 0 atom stereocenters. The Morgan fingerprint density at radius 3 is 2.36 bits per heavy atom. The minimum Gasteiger partial charge on any atom is -0.299 e. The molecule has 80 valence electrons. The first-order chi connectivity index (χ1) is 6.58. The zero-order valence-corrected chi connectivity index (χ0v) is 9.57. The molecule has 0 radical (unpaired) electrons. The van der Waals surface area contributed by atoms with Crippen molar-refractivity contribution in [1.82, 2.24) is 0 Å². The van der Waals surface area contributed by atoms with Gasteiger partial charge in [0.15, 0.2) is 0 Å². The lowest BCUT2D eigenvalue weighted by molar-refractivity contribution is -0.128. The van der Waals surface area contributed by atoms with Gasteiger partial charge in [-0.25, -0.2) is 0 Å². The molecular weight excluding hydrogens is 172 g/mol. The van der Waals surface area contributed by atoms with Gasteiger partial charge >= 0.3 is 0 Å². The van der Waals surface area contributed by atoms with Crippen molar-refractivity contribution in [3.63, 3.8) is 0 Å². The third kappa shape index (κ3) is 2.70. The molecule has 0 heterocycles. The molecule has 14 heavy (non-hydrogen) atoms. The maximum Gasteiger partial charge on any atom is 0.142 e. The summed E-state index contributed by atoms with van der Waals surface area (Å²) in [5.41, 5.74) is 1.05. The fourth-order valence-electron chi connectivity index (χ4n) is 2.18. The standard InChI is InChI=1S/C13H22O/c1-4-11(2)10-12(14)13(3)8-6-5-7-9-13/h2,4-10H2,1,3H3. The summed E-state index contributed by atoms with van der Waals surface area (Å²) in [7, 11) is 0. The molecule has 1 nitrogen and oxygen atoms in total. The summed E-state index contributed by atoms with van der Waals surface area (Å²) in [4.78, 5) is 12.0. The first-order valence-corrected chi connectivity index (χ1v) is 5.78. The summed E-state index contributed by atoms with van der Waals surface area (Å²) in [6.07, 6.45) is 7.46. The molecule has 0 N–H and O–H groups in total. The van der Waals surface area contributed by atoms with Crippen LogP contribution < -0.4 is 0 Å². The maximum atomic E-state index is 12.0. The lowest BCUT2D eigenvalue weighted by Crippen LogP contribution is -2.30. The Labute approximate surface area is 87.6 Å². The van der Waals surface area contributed by atoms with Crippen LogP contribution in [0, 0.1) is 5.41 Å². The van der Waals surface area contributed by atoms with Crippen molar-refractivity contribution in [2.24, 2.45) is 5.41 Å². The monoisotopic (exact) mass is 194 g/mol. The number of rotatable bonds is 4. The molecule has 0 saturated heterocycles. The lowest BCUT2D eigenvalue weighted by atomic mass is 9.71. The van der Waals surface area contributed by atoms with Gasteiger partial charge in [0.1, 0.15) is 5.78 Å². The first kappa shape index (κ1) is 11.5. The molecule has 0 aromatic heterocycles. The molecular formula is C13H22O. The second-order valence-corrected chi connectivity index (χ2v) is 4.82. The summed E-state index contributed by atoms with van der Waals surface area (Å²) < 4.78 is 0. The van der Waals surface area contributed by atoms with Crippen molar-refractivity contribution >= 4 is 5.78 Å². The van der Waals surface area contributed by atoms with E-state index >= 15 is 0 Å². The minimum atomic E-state index is -0.0314. The number of allylic oxidation sites excluding steroid dienone is 1. The average Bonchev–Trinajstić information content (AvgIpc) is 2.18. The van der Waals surface area contributed by atoms with E-state index in [9.17, 15) is 4.79 Å². The summed E-state index contributed by atoms with van der Waals surface area (Å²) in [6.45, 7) is 8.12. The maximum absolute atomic E-state index is 12.0. The third-order valence-corrected chi connectivity index (χ3v) is 3.54. The van der Waals surface area contributed by atoms with Crippen molar-refractivity contribution < 1.29 is 4.79 Å². The number of hydrogen-bond donors (Lipinski definition) is 0. The van der Waals surface area contributed by atoms with Gasteiger partial charge in [-0.3, -0.25) is 4.79 Å². The van der Waals surface area contributed by atoms with E-state index in [0.717, 1.165) is 24.8 Å². The number of ketones is 1. The Hall–Kier alpha value is -0.590. The van der Waals surface area contributed by atoms with E-state index in [4.69, 9.17) is 0 Å². The zero-order valence-electron chi connectivity index (χ0n) is 9.57. The Kier molecular flexibility index (Phi) is 3.91.